The Morgan fingerprint density at radius 1 is 1.11 bits per heavy atom. The van der Waals surface area contributed by atoms with Crippen molar-refractivity contribution in [1.29, 1.82) is 0 Å². The molecule has 1 aromatic carbocycles. The van der Waals surface area contributed by atoms with Gasteiger partial charge < -0.3 is 10.5 Å². The van der Waals surface area contributed by atoms with Gasteiger partial charge in [-0.3, -0.25) is 0 Å². The van der Waals surface area contributed by atoms with Crippen LogP contribution in [0.4, 0.5) is 18.9 Å². The molecule has 0 radical (unpaired) electrons. The lowest BCUT2D eigenvalue weighted by atomic mass is 10.1. The number of halogens is 3. The Balaban J connectivity index is 2.39. The fraction of sp³-hybridized carbons (Fsp3) is 0.0909. The Bertz CT molecular complexity index is 543. The topological polar surface area (TPSA) is 61.0 Å². The highest BCUT2D eigenvalue weighted by Crippen LogP contribution is 2.38. The zero-order valence-corrected chi connectivity index (χ0v) is 8.98. The third-order valence-corrected chi connectivity index (χ3v) is 2.05. The number of hydrogen-bond donors (Lipinski definition) is 1. The van der Waals surface area contributed by atoms with Gasteiger partial charge in [0.15, 0.2) is 0 Å². The summed E-state index contributed by atoms with van der Waals surface area (Å²) in [6.07, 6.45) is -1.82. The Hall–Kier alpha value is -2.31. The monoisotopic (exact) mass is 255 g/mol. The van der Waals surface area contributed by atoms with E-state index < -0.39 is 11.7 Å². The molecule has 0 aliphatic heterocycles. The van der Waals surface area contributed by atoms with Crippen molar-refractivity contribution in [1.82, 2.24) is 9.97 Å². The highest BCUT2D eigenvalue weighted by atomic mass is 19.4. The van der Waals surface area contributed by atoms with Gasteiger partial charge in [-0.15, -0.1) is 0 Å². The smallest absolute Gasteiger partial charge is 0.420 e. The van der Waals surface area contributed by atoms with E-state index in [0.717, 1.165) is 12.1 Å². The standard InChI is InChI=1S/C11H8F3N3O/c12-11(13,14)8-6-7(15)2-3-9(8)18-10-16-4-1-5-17-10/h1-6H,15H2. The molecule has 0 saturated carbocycles. The molecule has 1 aromatic heterocycles. The van der Waals surface area contributed by atoms with Gasteiger partial charge in [0.25, 0.3) is 0 Å². The van der Waals surface area contributed by atoms with E-state index >= 15 is 0 Å². The Morgan fingerprint density at radius 2 is 1.78 bits per heavy atom. The quantitative estimate of drug-likeness (QED) is 0.838. The Labute approximate surface area is 100 Å². The van der Waals surface area contributed by atoms with Crippen LogP contribution < -0.4 is 10.5 Å². The molecule has 1 heterocycles. The van der Waals surface area contributed by atoms with Crippen LogP contribution in [0.15, 0.2) is 36.7 Å². The van der Waals surface area contributed by atoms with Crippen molar-refractivity contribution in [2.45, 2.75) is 6.18 Å². The lowest BCUT2D eigenvalue weighted by Gasteiger charge is -2.12. The lowest BCUT2D eigenvalue weighted by Crippen LogP contribution is -2.08. The largest absolute Gasteiger partial charge is 0.424 e. The van der Waals surface area contributed by atoms with E-state index in [4.69, 9.17) is 10.5 Å². The molecule has 0 amide bonds. The molecular formula is C11H8F3N3O. The number of benzene rings is 1. The van der Waals surface area contributed by atoms with E-state index in [1.54, 1.807) is 0 Å². The van der Waals surface area contributed by atoms with Crippen molar-refractivity contribution in [3.05, 3.63) is 42.2 Å². The number of hydrogen-bond acceptors (Lipinski definition) is 4. The van der Waals surface area contributed by atoms with Crippen molar-refractivity contribution >= 4 is 5.69 Å². The second kappa shape index (κ2) is 4.52. The highest BCUT2D eigenvalue weighted by molar-refractivity contribution is 5.49. The summed E-state index contributed by atoms with van der Waals surface area (Å²) in [4.78, 5) is 7.38. The Kier molecular flexibility index (Phi) is 3.05. The number of nitrogens with two attached hydrogens (primary N) is 1. The lowest BCUT2D eigenvalue weighted by molar-refractivity contribution is -0.138. The average molecular weight is 255 g/mol. The van der Waals surface area contributed by atoms with Crippen molar-refractivity contribution in [2.75, 3.05) is 5.73 Å². The molecule has 0 aliphatic carbocycles. The minimum Gasteiger partial charge on any atom is -0.424 e. The zero-order valence-electron chi connectivity index (χ0n) is 8.98. The van der Waals surface area contributed by atoms with Crippen molar-refractivity contribution in [3.8, 4) is 11.8 Å². The first-order valence-electron chi connectivity index (χ1n) is 4.88. The second-order valence-corrected chi connectivity index (χ2v) is 3.39. The van der Waals surface area contributed by atoms with Crippen LogP contribution in [0.25, 0.3) is 0 Å². The minimum absolute atomic E-state index is 0.00338. The van der Waals surface area contributed by atoms with Crippen LogP contribution in [-0.4, -0.2) is 9.97 Å². The van der Waals surface area contributed by atoms with Gasteiger partial charge in [0.05, 0.1) is 0 Å². The van der Waals surface area contributed by atoms with E-state index in [9.17, 15) is 13.2 Å². The first-order chi connectivity index (χ1) is 8.47. The van der Waals surface area contributed by atoms with Crippen LogP contribution in [0.2, 0.25) is 0 Å². The van der Waals surface area contributed by atoms with Crippen LogP contribution >= 0.6 is 0 Å². The molecule has 0 saturated heterocycles. The molecule has 94 valence electrons. The van der Waals surface area contributed by atoms with Gasteiger partial charge >= 0.3 is 12.2 Å². The number of nitrogens with zero attached hydrogens (tertiary/aromatic N) is 2. The molecule has 7 heteroatoms. The Morgan fingerprint density at radius 3 is 2.39 bits per heavy atom. The van der Waals surface area contributed by atoms with Crippen LogP contribution in [0.3, 0.4) is 0 Å². The molecular weight excluding hydrogens is 247 g/mol. The molecule has 2 aromatic rings. The van der Waals surface area contributed by atoms with Gasteiger partial charge in [-0.05, 0) is 24.3 Å². The number of ether oxygens (including phenoxy) is 1. The second-order valence-electron chi connectivity index (χ2n) is 3.39. The maximum Gasteiger partial charge on any atom is 0.420 e. The van der Waals surface area contributed by atoms with Gasteiger partial charge in [0.2, 0.25) is 0 Å². The summed E-state index contributed by atoms with van der Waals surface area (Å²) in [5, 5.41) is 0. The van der Waals surface area contributed by atoms with Crippen molar-refractivity contribution in [2.24, 2.45) is 0 Å². The molecule has 0 fully saturated rings. The van der Waals surface area contributed by atoms with E-state index in [-0.39, 0.29) is 17.4 Å². The maximum atomic E-state index is 12.8. The summed E-state index contributed by atoms with van der Waals surface area (Å²) >= 11 is 0. The highest BCUT2D eigenvalue weighted by Gasteiger charge is 2.35. The number of nitrogen functional groups attached to an aromatic ring is 1. The fourth-order valence-corrected chi connectivity index (χ4v) is 1.29. The molecule has 0 atom stereocenters. The van der Waals surface area contributed by atoms with E-state index in [1.165, 1.54) is 24.5 Å². The van der Waals surface area contributed by atoms with Gasteiger partial charge in [-0.1, -0.05) is 0 Å². The fourth-order valence-electron chi connectivity index (χ4n) is 1.29. The first kappa shape index (κ1) is 12.2. The molecule has 4 nitrogen and oxygen atoms in total. The SMILES string of the molecule is Nc1ccc(Oc2ncccn2)c(C(F)(F)F)c1. The van der Waals surface area contributed by atoms with Crippen LogP contribution in [0.1, 0.15) is 5.56 Å². The summed E-state index contributed by atoms with van der Waals surface area (Å²) in [7, 11) is 0. The molecule has 2 N–H and O–H groups in total. The number of rotatable bonds is 2. The predicted molar refractivity (Wildman–Crippen MR) is 58.0 cm³/mol. The average Bonchev–Trinajstić information content (AvgIpc) is 2.31. The minimum atomic E-state index is -4.56. The van der Waals surface area contributed by atoms with Crippen molar-refractivity contribution < 1.29 is 17.9 Å². The normalized spacial score (nSPS) is 11.3. The molecule has 18 heavy (non-hydrogen) atoms. The van der Waals surface area contributed by atoms with Gasteiger partial charge in [0, 0.05) is 18.1 Å². The van der Waals surface area contributed by atoms with E-state index in [2.05, 4.69) is 9.97 Å². The van der Waals surface area contributed by atoms with Crippen molar-refractivity contribution in [3.63, 3.8) is 0 Å². The number of alkyl halides is 3. The van der Waals surface area contributed by atoms with E-state index in [0.29, 0.717) is 0 Å². The first-order valence-corrected chi connectivity index (χ1v) is 4.88. The van der Waals surface area contributed by atoms with Crippen LogP contribution in [0, 0.1) is 0 Å². The molecule has 0 unspecified atom stereocenters. The molecule has 0 aliphatic rings. The third-order valence-electron chi connectivity index (χ3n) is 2.05. The predicted octanol–water partition coefficient (Wildman–Crippen LogP) is 2.87. The van der Waals surface area contributed by atoms with Crippen LogP contribution in [-0.2, 0) is 6.18 Å². The van der Waals surface area contributed by atoms with Gasteiger partial charge in [-0.25, -0.2) is 9.97 Å². The molecule has 0 spiro atoms. The zero-order chi connectivity index (χ0) is 13.2. The number of aromatic nitrogens is 2. The summed E-state index contributed by atoms with van der Waals surface area (Å²) < 4.78 is 43.3. The van der Waals surface area contributed by atoms with Gasteiger partial charge in [-0.2, -0.15) is 13.2 Å². The maximum absolute atomic E-state index is 12.8. The summed E-state index contributed by atoms with van der Waals surface area (Å²) in [6.45, 7) is 0. The molecule has 2 rings (SSSR count). The number of anilines is 1. The van der Waals surface area contributed by atoms with Crippen LogP contribution in [0.5, 0.6) is 11.8 Å². The summed E-state index contributed by atoms with van der Waals surface area (Å²) in [6, 6.07) is 4.62. The summed E-state index contributed by atoms with van der Waals surface area (Å²) in [5.74, 6) is -0.386. The van der Waals surface area contributed by atoms with E-state index in [1.807, 2.05) is 0 Å². The third kappa shape index (κ3) is 2.68. The summed E-state index contributed by atoms with van der Waals surface area (Å²) in [5.41, 5.74) is 4.37. The molecule has 0 bridgehead atoms. The van der Waals surface area contributed by atoms with Gasteiger partial charge in [0.1, 0.15) is 11.3 Å².